The van der Waals surface area contributed by atoms with Crippen molar-refractivity contribution in [3.8, 4) is 0 Å². The number of alkyl halides is 3. The molecule has 0 atom stereocenters. The van der Waals surface area contributed by atoms with Crippen molar-refractivity contribution in [1.29, 1.82) is 0 Å². The molecule has 3 nitrogen and oxygen atoms in total. The van der Waals surface area contributed by atoms with Gasteiger partial charge in [0.2, 0.25) is 0 Å². The van der Waals surface area contributed by atoms with Gasteiger partial charge >= 0.3 is 12.1 Å². The number of aliphatic carboxylic acids is 1. The zero-order chi connectivity index (χ0) is 14.3. The fourth-order valence-electron chi connectivity index (χ4n) is 4.54. The molecule has 0 aromatic heterocycles. The Morgan fingerprint density at radius 1 is 1.11 bits per heavy atom. The highest BCUT2D eigenvalue weighted by atomic mass is 19.4. The number of carboxylic acids is 1. The lowest BCUT2D eigenvalue weighted by Crippen LogP contribution is -2.49. The van der Waals surface area contributed by atoms with Crippen LogP contribution in [0.4, 0.5) is 13.2 Å². The molecule has 110 valence electrons. The lowest BCUT2D eigenvalue weighted by molar-refractivity contribution is -0.192. The second-order valence-corrected chi connectivity index (χ2v) is 6.42. The Bertz CT molecular complexity index is 319. The maximum Gasteiger partial charge on any atom is 0.490 e. The minimum Gasteiger partial charge on any atom is -0.475 e. The highest BCUT2D eigenvalue weighted by Gasteiger charge is 2.49. The van der Waals surface area contributed by atoms with E-state index in [9.17, 15) is 13.2 Å². The van der Waals surface area contributed by atoms with Crippen molar-refractivity contribution in [1.82, 2.24) is 0 Å². The van der Waals surface area contributed by atoms with Crippen molar-refractivity contribution in [2.75, 3.05) is 6.54 Å². The predicted molar refractivity (Wildman–Crippen MR) is 63.4 cm³/mol. The predicted octanol–water partition coefficient (Wildman–Crippen LogP) is 2.79. The Hall–Kier alpha value is -0.780. The summed E-state index contributed by atoms with van der Waals surface area (Å²) >= 11 is 0. The molecule has 4 rings (SSSR count). The van der Waals surface area contributed by atoms with Crippen molar-refractivity contribution >= 4 is 5.97 Å². The van der Waals surface area contributed by atoms with E-state index in [0.717, 1.165) is 24.3 Å². The third-order valence-corrected chi connectivity index (χ3v) is 4.84. The topological polar surface area (TPSA) is 63.3 Å². The van der Waals surface area contributed by atoms with Crippen LogP contribution in [0.3, 0.4) is 0 Å². The zero-order valence-electron chi connectivity index (χ0n) is 10.7. The van der Waals surface area contributed by atoms with E-state index in [0.29, 0.717) is 5.41 Å². The van der Waals surface area contributed by atoms with E-state index in [1.165, 1.54) is 38.5 Å². The fourth-order valence-corrected chi connectivity index (χ4v) is 4.54. The molecule has 3 N–H and O–H groups in total. The monoisotopic (exact) mass is 279 g/mol. The zero-order valence-corrected chi connectivity index (χ0v) is 10.7. The van der Waals surface area contributed by atoms with Gasteiger partial charge in [0.1, 0.15) is 0 Å². The van der Waals surface area contributed by atoms with Crippen LogP contribution in [0.2, 0.25) is 0 Å². The van der Waals surface area contributed by atoms with Crippen LogP contribution in [0, 0.1) is 23.2 Å². The molecule has 19 heavy (non-hydrogen) atoms. The molecule has 0 spiro atoms. The molecule has 0 unspecified atom stereocenters. The lowest BCUT2D eigenvalue weighted by Gasteiger charge is -2.56. The first kappa shape index (κ1) is 14.6. The van der Waals surface area contributed by atoms with Crippen LogP contribution in [-0.2, 0) is 4.79 Å². The number of carbonyl (C=O) groups is 1. The molecule has 0 aromatic carbocycles. The summed E-state index contributed by atoms with van der Waals surface area (Å²) in [5.74, 6) is 0.451. The van der Waals surface area contributed by atoms with Crippen molar-refractivity contribution in [3.05, 3.63) is 0 Å². The first-order valence-corrected chi connectivity index (χ1v) is 6.74. The Kier molecular flexibility index (Phi) is 3.82. The van der Waals surface area contributed by atoms with E-state index in [1.807, 2.05) is 0 Å². The molecule has 6 heteroatoms. The van der Waals surface area contributed by atoms with Crippen molar-refractivity contribution < 1.29 is 23.1 Å². The number of halogens is 3. The lowest BCUT2D eigenvalue weighted by atomic mass is 9.50. The Morgan fingerprint density at radius 2 is 1.42 bits per heavy atom. The summed E-state index contributed by atoms with van der Waals surface area (Å²) in [4.78, 5) is 8.90. The molecule has 0 aliphatic heterocycles. The normalized spacial score (nSPS) is 39.7. The second kappa shape index (κ2) is 4.96. The standard InChI is InChI=1S/C11H19N.C2HF3O2/c12-7-11-4-8-1-9(5-11)3-10(2-8)6-11;3-2(4,5)1(6)7/h8-10H,1-7,12H2;(H,6,7). The average Bonchev–Trinajstić information content (AvgIpc) is 2.26. The Labute approximate surface area is 110 Å². The van der Waals surface area contributed by atoms with Gasteiger partial charge in [-0.05, 0) is 68.2 Å². The van der Waals surface area contributed by atoms with E-state index in [2.05, 4.69) is 0 Å². The van der Waals surface area contributed by atoms with Crippen LogP contribution in [0.5, 0.6) is 0 Å². The van der Waals surface area contributed by atoms with Crippen LogP contribution in [0.1, 0.15) is 38.5 Å². The van der Waals surface area contributed by atoms with Crippen LogP contribution in [0.25, 0.3) is 0 Å². The molecule has 4 aliphatic carbocycles. The van der Waals surface area contributed by atoms with E-state index >= 15 is 0 Å². The molecular weight excluding hydrogens is 259 g/mol. The van der Waals surface area contributed by atoms with Gasteiger partial charge in [0.05, 0.1) is 0 Å². The van der Waals surface area contributed by atoms with E-state index < -0.39 is 12.1 Å². The van der Waals surface area contributed by atoms with Gasteiger partial charge in [0.15, 0.2) is 0 Å². The molecule has 4 saturated carbocycles. The van der Waals surface area contributed by atoms with Gasteiger partial charge in [-0.2, -0.15) is 13.2 Å². The van der Waals surface area contributed by atoms with E-state index in [1.54, 1.807) is 0 Å². The van der Waals surface area contributed by atoms with Gasteiger partial charge in [-0.3, -0.25) is 0 Å². The summed E-state index contributed by atoms with van der Waals surface area (Å²) in [5, 5.41) is 7.12. The van der Waals surface area contributed by atoms with Crippen molar-refractivity contribution in [3.63, 3.8) is 0 Å². The molecule has 0 saturated heterocycles. The maximum absolute atomic E-state index is 10.6. The summed E-state index contributed by atoms with van der Waals surface area (Å²) in [6, 6.07) is 0. The molecule has 4 bridgehead atoms. The summed E-state index contributed by atoms with van der Waals surface area (Å²) in [6.07, 6.45) is 3.94. The highest BCUT2D eigenvalue weighted by Crippen LogP contribution is 2.59. The van der Waals surface area contributed by atoms with Gasteiger partial charge in [0, 0.05) is 0 Å². The summed E-state index contributed by atoms with van der Waals surface area (Å²) in [5.41, 5.74) is 6.55. The smallest absolute Gasteiger partial charge is 0.475 e. The maximum atomic E-state index is 10.6. The van der Waals surface area contributed by atoms with Crippen LogP contribution in [-0.4, -0.2) is 23.8 Å². The first-order chi connectivity index (χ1) is 8.74. The van der Waals surface area contributed by atoms with Gasteiger partial charge in [-0.1, -0.05) is 0 Å². The molecule has 0 aromatic rings. The van der Waals surface area contributed by atoms with E-state index in [-0.39, 0.29) is 0 Å². The molecule has 0 amide bonds. The van der Waals surface area contributed by atoms with Crippen LogP contribution < -0.4 is 5.73 Å². The van der Waals surface area contributed by atoms with E-state index in [4.69, 9.17) is 15.6 Å². The minimum atomic E-state index is -5.08. The van der Waals surface area contributed by atoms with Gasteiger partial charge in [-0.15, -0.1) is 0 Å². The molecular formula is C13H20F3NO2. The van der Waals surface area contributed by atoms with Crippen molar-refractivity contribution in [2.45, 2.75) is 44.7 Å². The number of hydrogen-bond donors (Lipinski definition) is 2. The quantitative estimate of drug-likeness (QED) is 0.775. The molecule has 0 heterocycles. The van der Waals surface area contributed by atoms with Crippen molar-refractivity contribution in [2.24, 2.45) is 28.9 Å². The highest BCUT2D eigenvalue weighted by molar-refractivity contribution is 5.73. The number of rotatable bonds is 1. The average molecular weight is 279 g/mol. The molecule has 4 aliphatic rings. The Balaban J connectivity index is 0.000000167. The third kappa shape index (κ3) is 3.22. The SMILES string of the molecule is NCC12CC3CC(CC(C3)C1)C2.O=C(O)C(F)(F)F. The van der Waals surface area contributed by atoms with Gasteiger partial charge in [-0.25, -0.2) is 4.79 Å². The second-order valence-electron chi connectivity index (χ2n) is 6.42. The molecule has 0 radical (unpaired) electrons. The Morgan fingerprint density at radius 3 is 1.63 bits per heavy atom. The number of nitrogens with two attached hydrogens (primary N) is 1. The van der Waals surface area contributed by atoms with Gasteiger partial charge < -0.3 is 10.8 Å². The van der Waals surface area contributed by atoms with Crippen LogP contribution in [0.15, 0.2) is 0 Å². The fraction of sp³-hybridized carbons (Fsp3) is 0.923. The van der Waals surface area contributed by atoms with Crippen LogP contribution >= 0.6 is 0 Å². The summed E-state index contributed by atoms with van der Waals surface area (Å²) in [6.45, 7) is 0.969. The summed E-state index contributed by atoms with van der Waals surface area (Å²) < 4.78 is 31.7. The first-order valence-electron chi connectivity index (χ1n) is 6.74. The number of hydrogen-bond acceptors (Lipinski definition) is 2. The molecule has 4 fully saturated rings. The third-order valence-electron chi connectivity index (χ3n) is 4.84. The summed E-state index contributed by atoms with van der Waals surface area (Å²) in [7, 11) is 0. The van der Waals surface area contributed by atoms with Gasteiger partial charge in [0.25, 0.3) is 0 Å². The minimum absolute atomic E-state index is 0.620. The largest absolute Gasteiger partial charge is 0.490 e. The number of carboxylic acid groups (broad SMARTS) is 1.